The highest BCUT2D eigenvalue weighted by molar-refractivity contribution is 5.91. The molecule has 0 saturated carbocycles. The van der Waals surface area contributed by atoms with Gasteiger partial charge in [0.1, 0.15) is 5.82 Å². The van der Waals surface area contributed by atoms with E-state index in [4.69, 9.17) is 11.1 Å². The summed E-state index contributed by atoms with van der Waals surface area (Å²) in [6.07, 6.45) is 4.17. The summed E-state index contributed by atoms with van der Waals surface area (Å²) in [5.74, 6) is 1.15. The smallest absolute Gasteiger partial charge is 0.224 e. The van der Waals surface area contributed by atoms with Gasteiger partial charge in [0.05, 0.1) is 0 Å². The molecule has 0 bridgehead atoms. The fourth-order valence-electron chi connectivity index (χ4n) is 2.68. The molecular weight excluding hydrogens is 352 g/mol. The van der Waals surface area contributed by atoms with Crippen LogP contribution in [0.5, 0.6) is 0 Å². The van der Waals surface area contributed by atoms with Crippen LogP contribution in [0.2, 0.25) is 0 Å². The average Bonchev–Trinajstić information content (AvgIpc) is 2.70. The number of anilines is 4. The van der Waals surface area contributed by atoms with Gasteiger partial charge in [0.2, 0.25) is 5.91 Å². The Morgan fingerprint density at radius 1 is 1.18 bits per heavy atom. The summed E-state index contributed by atoms with van der Waals surface area (Å²) >= 11 is 0. The number of carbonyl (C=O) groups is 1. The third kappa shape index (κ3) is 4.70. The lowest BCUT2D eigenvalue weighted by Crippen LogP contribution is -2.10. The standard InChI is InChI=1S/C21H22N6O/c1-2-4-20(28)26-16-6-3-5-14(11-16)21-24-10-9-19(27-21)25-17-7-8-18(23)15(12-17)13-22/h3,5-13,22H,2,4,23H2,1H3,(H,26,28)(H,24,25,27). The minimum atomic E-state index is -0.0126. The number of aromatic nitrogens is 2. The lowest BCUT2D eigenvalue weighted by Gasteiger charge is -2.10. The molecule has 1 aromatic heterocycles. The fraction of sp³-hybridized carbons (Fsp3) is 0.143. The Kier molecular flexibility index (Phi) is 5.96. The molecule has 1 heterocycles. The predicted octanol–water partition coefficient (Wildman–Crippen LogP) is 4.21. The molecule has 3 rings (SSSR count). The van der Waals surface area contributed by atoms with E-state index >= 15 is 0 Å². The lowest BCUT2D eigenvalue weighted by atomic mass is 10.1. The third-order valence-electron chi connectivity index (χ3n) is 4.05. The molecule has 5 N–H and O–H groups in total. The van der Waals surface area contributed by atoms with Gasteiger partial charge >= 0.3 is 0 Å². The van der Waals surface area contributed by atoms with E-state index in [2.05, 4.69) is 20.6 Å². The number of hydrogen-bond donors (Lipinski definition) is 4. The normalized spacial score (nSPS) is 10.3. The van der Waals surface area contributed by atoms with Gasteiger partial charge in [-0.2, -0.15) is 0 Å². The average molecular weight is 374 g/mol. The highest BCUT2D eigenvalue weighted by Gasteiger charge is 2.07. The summed E-state index contributed by atoms with van der Waals surface area (Å²) in [5.41, 5.74) is 9.30. The Bertz CT molecular complexity index is 1000. The molecule has 0 aliphatic carbocycles. The monoisotopic (exact) mass is 374 g/mol. The molecule has 0 radical (unpaired) electrons. The van der Waals surface area contributed by atoms with E-state index in [0.29, 0.717) is 35.0 Å². The van der Waals surface area contributed by atoms with Crippen molar-refractivity contribution in [3.63, 3.8) is 0 Å². The molecule has 0 aliphatic rings. The second kappa shape index (κ2) is 8.77. The number of nitrogens with zero attached hydrogens (tertiary/aromatic N) is 2. The molecule has 0 saturated heterocycles. The van der Waals surface area contributed by atoms with E-state index < -0.39 is 0 Å². The first-order valence-corrected chi connectivity index (χ1v) is 8.99. The van der Waals surface area contributed by atoms with Gasteiger partial charge in [0.15, 0.2) is 5.82 Å². The number of nitrogen functional groups attached to an aromatic ring is 1. The van der Waals surface area contributed by atoms with Gasteiger partial charge in [-0.25, -0.2) is 9.97 Å². The van der Waals surface area contributed by atoms with Gasteiger partial charge < -0.3 is 21.8 Å². The Balaban J connectivity index is 1.81. The molecule has 1 amide bonds. The Morgan fingerprint density at radius 3 is 2.82 bits per heavy atom. The van der Waals surface area contributed by atoms with E-state index in [1.165, 1.54) is 6.21 Å². The highest BCUT2D eigenvalue weighted by Crippen LogP contribution is 2.23. The van der Waals surface area contributed by atoms with Crippen LogP contribution in [-0.2, 0) is 4.79 Å². The topological polar surface area (TPSA) is 117 Å². The number of hydrogen-bond acceptors (Lipinski definition) is 6. The molecule has 2 aromatic carbocycles. The molecule has 142 valence electrons. The van der Waals surface area contributed by atoms with Crippen LogP contribution in [0.1, 0.15) is 25.3 Å². The molecule has 0 spiro atoms. The zero-order valence-electron chi connectivity index (χ0n) is 15.6. The van der Waals surface area contributed by atoms with Crippen LogP contribution < -0.4 is 16.4 Å². The molecule has 7 heteroatoms. The summed E-state index contributed by atoms with van der Waals surface area (Å²) in [5, 5.41) is 13.5. The van der Waals surface area contributed by atoms with Crippen LogP contribution in [0, 0.1) is 5.41 Å². The van der Waals surface area contributed by atoms with Crippen LogP contribution in [0.15, 0.2) is 54.7 Å². The van der Waals surface area contributed by atoms with Crippen LogP contribution in [-0.4, -0.2) is 22.1 Å². The molecular formula is C21H22N6O. The number of nitrogens with one attached hydrogen (secondary N) is 3. The predicted molar refractivity (Wildman–Crippen MR) is 113 cm³/mol. The van der Waals surface area contributed by atoms with Gasteiger partial charge in [-0.15, -0.1) is 0 Å². The maximum absolute atomic E-state index is 11.8. The molecule has 7 nitrogen and oxygen atoms in total. The summed E-state index contributed by atoms with van der Waals surface area (Å²) in [4.78, 5) is 20.7. The maximum Gasteiger partial charge on any atom is 0.224 e. The molecule has 0 unspecified atom stereocenters. The van der Waals surface area contributed by atoms with Crippen molar-refractivity contribution in [2.75, 3.05) is 16.4 Å². The Hall–Kier alpha value is -3.74. The van der Waals surface area contributed by atoms with Crippen molar-refractivity contribution < 1.29 is 4.79 Å². The Labute approximate surface area is 163 Å². The first kappa shape index (κ1) is 19.0. The van der Waals surface area contributed by atoms with E-state index in [9.17, 15) is 4.79 Å². The fourth-order valence-corrected chi connectivity index (χ4v) is 2.68. The Morgan fingerprint density at radius 2 is 2.04 bits per heavy atom. The molecule has 3 aromatic rings. The summed E-state index contributed by atoms with van der Waals surface area (Å²) < 4.78 is 0. The summed E-state index contributed by atoms with van der Waals surface area (Å²) in [7, 11) is 0. The zero-order chi connectivity index (χ0) is 19.9. The first-order valence-electron chi connectivity index (χ1n) is 8.99. The van der Waals surface area contributed by atoms with E-state index in [0.717, 1.165) is 17.7 Å². The minimum absolute atomic E-state index is 0.0126. The molecule has 28 heavy (non-hydrogen) atoms. The number of nitrogens with two attached hydrogens (primary N) is 1. The van der Waals surface area contributed by atoms with Gasteiger partial charge in [-0.1, -0.05) is 19.1 Å². The molecule has 0 fully saturated rings. The largest absolute Gasteiger partial charge is 0.398 e. The summed E-state index contributed by atoms with van der Waals surface area (Å²) in [6, 6.07) is 14.6. The third-order valence-corrected chi connectivity index (χ3v) is 4.05. The van der Waals surface area contributed by atoms with Crippen LogP contribution in [0.3, 0.4) is 0 Å². The lowest BCUT2D eigenvalue weighted by molar-refractivity contribution is -0.116. The number of benzene rings is 2. The van der Waals surface area contributed by atoms with Gasteiger partial charge in [-0.3, -0.25) is 4.79 Å². The van der Waals surface area contributed by atoms with E-state index in [1.54, 1.807) is 24.4 Å². The molecule has 0 aliphatic heterocycles. The van der Waals surface area contributed by atoms with Crippen molar-refractivity contribution in [3.05, 3.63) is 60.3 Å². The van der Waals surface area contributed by atoms with E-state index in [1.807, 2.05) is 37.3 Å². The van der Waals surface area contributed by atoms with Crippen molar-refractivity contribution in [3.8, 4) is 11.4 Å². The van der Waals surface area contributed by atoms with E-state index in [-0.39, 0.29) is 5.91 Å². The minimum Gasteiger partial charge on any atom is -0.398 e. The molecule has 0 atom stereocenters. The second-order valence-electron chi connectivity index (χ2n) is 6.26. The van der Waals surface area contributed by atoms with Crippen molar-refractivity contribution in [1.82, 2.24) is 9.97 Å². The quantitative estimate of drug-likeness (QED) is 0.365. The maximum atomic E-state index is 11.8. The van der Waals surface area contributed by atoms with Gasteiger partial charge in [0.25, 0.3) is 0 Å². The second-order valence-corrected chi connectivity index (χ2v) is 6.26. The zero-order valence-corrected chi connectivity index (χ0v) is 15.6. The number of rotatable bonds is 7. The van der Waals surface area contributed by atoms with Gasteiger partial charge in [-0.05, 0) is 42.8 Å². The van der Waals surface area contributed by atoms with Gasteiger partial charge in [0, 0.05) is 47.0 Å². The van der Waals surface area contributed by atoms with Crippen LogP contribution in [0.25, 0.3) is 11.4 Å². The van der Waals surface area contributed by atoms with Crippen LogP contribution >= 0.6 is 0 Å². The van der Waals surface area contributed by atoms with Crippen molar-refractivity contribution in [2.45, 2.75) is 19.8 Å². The first-order chi connectivity index (χ1) is 13.6. The van der Waals surface area contributed by atoms with Crippen LogP contribution in [0.4, 0.5) is 22.9 Å². The SMILES string of the molecule is CCCC(=O)Nc1cccc(-c2nccc(Nc3ccc(N)c(C=N)c3)n2)c1. The number of amides is 1. The highest BCUT2D eigenvalue weighted by atomic mass is 16.1. The number of carbonyl (C=O) groups excluding carboxylic acids is 1. The van der Waals surface area contributed by atoms with Crippen molar-refractivity contribution in [1.29, 1.82) is 5.41 Å². The summed E-state index contributed by atoms with van der Waals surface area (Å²) in [6.45, 7) is 1.97. The van der Waals surface area contributed by atoms with Crippen molar-refractivity contribution >= 4 is 35.0 Å². The van der Waals surface area contributed by atoms with Crippen molar-refractivity contribution in [2.24, 2.45) is 0 Å².